The maximum absolute atomic E-state index is 12.7. The number of benzene rings is 1. The zero-order chi connectivity index (χ0) is 23.5. The van der Waals surface area contributed by atoms with Crippen molar-refractivity contribution in [3.63, 3.8) is 0 Å². The summed E-state index contributed by atoms with van der Waals surface area (Å²) in [5, 5.41) is 0. The quantitative estimate of drug-likeness (QED) is 0.442. The van der Waals surface area contributed by atoms with E-state index in [0.717, 1.165) is 5.56 Å². The minimum absolute atomic E-state index is 0.00754. The van der Waals surface area contributed by atoms with Crippen LogP contribution in [0.25, 0.3) is 0 Å². The lowest BCUT2D eigenvalue weighted by atomic mass is 10.1. The van der Waals surface area contributed by atoms with Gasteiger partial charge >= 0.3 is 5.97 Å². The largest absolute Gasteiger partial charge is 0.492 e. The van der Waals surface area contributed by atoms with Crippen LogP contribution >= 0.6 is 0 Å². The summed E-state index contributed by atoms with van der Waals surface area (Å²) in [6.45, 7) is 8.38. The summed E-state index contributed by atoms with van der Waals surface area (Å²) in [5.41, 5.74) is 1.51. The molecule has 1 N–H and O–H groups in total. The molecule has 1 aromatic heterocycles. The summed E-state index contributed by atoms with van der Waals surface area (Å²) in [4.78, 5) is 14.9. The highest BCUT2D eigenvalue weighted by Gasteiger charge is 2.49. The smallest absolute Gasteiger partial charge is 0.303 e. The molecule has 0 bridgehead atoms. The molecule has 1 aliphatic rings. The number of esters is 1. The van der Waals surface area contributed by atoms with E-state index in [1.807, 2.05) is 13.8 Å². The molecule has 3 atom stereocenters. The highest BCUT2D eigenvalue weighted by atomic mass is 32.2. The van der Waals surface area contributed by atoms with Crippen LogP contribution in [0.4, 0.5) is 0 Å². The summed E-state index contributed by atoms with van der Waals surface area (Å²) in [5.74, 6) is -1.05. The molecule has 1 aliphatic heterocycles. The number of rotatable bonds is 9. The minimum atomic E-state index is -4.07. The summed E-state index contributed by atoms with van der Waals surface area (Å²) in [6, 6.07) is 8.02. The maximum atomic E-state index is 12.7. The Labute approximate surface area is 188 Å². The van der Waals surface area contributed by atoms with Crippen molar-refractivity contribution in [3.05, 3.63) is 47.8 Å². The van der Waals surface area contributed by atoms with Crippen molar-refractivity contribution in [2.45, 2.75) is 63.6 Å². The highest BCUT2D eigenvalue weighted by Crippen LogP contribution is 2.43. The van der Waals surface area contributed by atoms with Crippen molar-refractivity contribution >= 4 is 16.1 Å². The molecule has 0 radical (unpaired) electrons. The summed E-state index contributed by atoms with van der Waals surface area (Å²) in [7, 11) is -4.07. The minimum Gasteiger partial charge on any atom is -0.492 e. The molecule has 9 nitrogen and oxygen atoms in total. The number of carbonyl (C=O) groups excluding carboxylic acids is 1. The molecule has 1 fully saturated rings. The lowest BCUT2D eigenvalue weighted by molar-refractivity contribution is -0.172. The van der Waals surface area contributed by atoms with E-state index in [-0.39, 0.29) is 4.90 Å². The van der Waals surface area contributed by atoms with Gasteiger partial charge in [0.05, 0.1) is 17.2 Å². The Morgan fingerprint density at radius 2 is 1.88 bits per heavy atom. The van der Waals surface area contributed by atoms with Crippen LogP contribution in [-0.2, 0) is 33.3 Å². The standard InChI is InChI=1S/C22H29NO8S/c1-6-27-17-11-12-23-19(17)21-20(30-22(4,5)31-21)18(29-15(3)24)13-28-32(25,26)16-9-7-14(2)8-10-16/h7-12,18,20-21,23H,6,13H2,1-5H3/t18-,20-,21-/m1/s1. The first kappa shape index (κ1) is 24.2. The van der Waals surface area contributed by atoms with E-state index in [1.165, 1.54) is 19.1 Å². The zero-order valence-corrected chi connectivity index (χ0v) is 19.6. The molecule has 3 rings (SSSR count). The van der Waals surface area contributed by atoms with Gasteiger partial charge in [-0.2, -0.15) is 8.42 Å². The van der Waals surface area contributed by atoms with Crippen molar-refractivity contribution in [1.29, 1.82) is 0 Å². The van der Waals surface area contributed by atoms with Gasteiger partial charge in [-0.25, -0.2) is 0 Å². The van der Waals surface area contributed by atoms with E-state index in [0.29, 0.717) is 18.1 Å². The topological polar surface area (TPSA) is 113 Å². The van der Waals surface area contributed by atoms with Gasteiger partial charge in [-0.05, 0) is 45.9 Å². The number of aromatic amines is 1. The first-order chi connectivity index (χ1) is 15.0. The summed E-state index contributed by atoms with van der Waals surface area (Å²) >= 11 is 0. The lowest BCUT2D eigenvalue weighted by Crippen LogP contribution is -2.39. The number of aromatic nitrogens is 1. The highest BCUT2D eigenvalue weighted by molar-refractivity contribution is 7.86. The Balaban J connectivity index is 1.86. The Morgan fingerprint density at radius 1 is 1.19 bits per heavy atom. The number of aryl methyl sites for hydroxylation is 1. The molecule has 1 aromatic carbocycles. The van der Waals surface area contributed by atoms with Gasteiger partial charge in [0.15, 0.2) is 11.9 Å². The van der Waals surface area contributed by atoms with E-state index < -0.39 is 46.8 Å². The average molecular weight is 468 g/mol. The Morgan fingerprint density at radius 3 is 2.50 bits per heavy atom. The number of hydrogen-bond acceptors (Lipinski definition) is 8. The normalized spacial score (nSPS) is 21.3. The fraction of sp³-hybridized carbons (Fsp3) is 0.500. The lowest BCUT2D eigenvalue weighted by Gasteiger charge is -2.26. The van der Waals surface area contributed by atoms with Crippen LogP contribution in [0.15, 0.2) is 41.4 Å². The molecule has 0 amide bonds. The fourth-order valence-corrected chi connectivity index (χ4v) is 4.41. The molecule has 176 valence electrons. The Bertz CT molecular complexity index is 1030. The van der Waals surface area contributed by atoms with Crippen LogP contribution in [0.2, 0.25) is 0 Å². The zero-order valence-electron chi connectivity index (χ0n) is 18.8. The Kier molecular flexibility index (Phi) is 7.29. The first-order valence-electron chi connectivity index (χ1n) is 10.3. The van der Waals surface area contributed by atoms with E-state index in [4.69, 9.17) is 23.1 Å². The molecule has 2 heterocycles. The van der Waals surface area contributed by atoms with E-state index in [9.17, 15) is 13.2 Å². The van der Waals surface area contributed by atoms with E-state index >= 15 is 0 Å². The van der Waals surface area contributed by atoms with Crippen molar-refractivity contribution in [2.24, 2.45) is 0 Å². The van der Waals surface area contributed by atoms with Gasteiger partial charge in [0.1, 0.15) is 24.6 Å². The summed E-state index contributed by atoms with van der Waals surface area (Å²) in [6.07, 6.45) is -0.917. The van der Waals surface area contributed by atoms with Gasteiger partial charge in [0.2, 0.25) is 0 Å². The first-order valence-corrected chi connectivity index (χ1v) is 11.7. The van der Waals surface area contributed by atoms with Crippen LogP contribution in [0.1, 0.15) is 45.1 Å². The van der Waals surface area contributed by atoms with Crippen LogP contribution in [0.3, 0.4) is 0 Å². The second-order valence-electron chi connectivity index (χ2n) is 7.91. The van der Waals surface area contributed by atoms with Crippen LogP contribution < -0.4 is 4.74 Å². The van der Waals surface area contributed by atoms with Gasteiger partial charge in [0.25, 0.3) is 10.1 Å². The van der Waals surface area contributed by atoms with Gasteiger partial charge in [-0.1, -0.05) is 17.7 Å². The third kappa shape index (κ3) is 5.69. The molecule has 0 saturated carbocycles. The van der Waals surface area contributed by atoms with Crippen molar-refractivity contribution in [3.8, 4) is 5.75 Å². The third-order valence-electron chi connectivity index (χ3n) is 4.83. The third-order valence-corrected chi connectivity index (χ3v) is 6.13. The van der Waals surface area contributed by atoms with Crippen LogP contribution in [0, 0.1) is 6.92 Å². The van der Waals surface area contributed by atoms with E-state index in [2.05, 4.69) is 4.98 Å². The van der Waals surface area contributed by atoms with Crippen LogP contribution in [-0.4, -0.2) is 50.6 Å². The molecule has 0 unspecified atom stereocenters. The van der Waals surface area contributed by atoms with E-state index in [1.54, 1.807) is 38.2 Å². The summed E-state index contributed by atoms with van der Waals surface area (Å²) < 4.78 is 53.7. The molecule has 32 heavy (non-hydrogen) atoms. The molecular formula is C22H29NO8S. The average Bonchev–Trinajstić information content (AvgIpc) is 3.29. The van der Waals surface area contributed by atoms with Gasteiger partial charge in [-0.15, -0.1) is 0 Å². The number of ether oxygens (including phenoxy) is 4. The Hall–Kier alpha value is -2.40. The molecule has 0 aliphatic carbocycles. The molecule has 2 aromatic rings. The molecule has 1 saturated heterocycles. The SMILES string of the molecule is CCOc1cc[nH]c1[C@H]1OC(C)(C)O[C@@H]1[C@@H](COS(=O)(=O)c1ccc(C)cc1)OC(C)=O. The fourth-order valence-electron chi connectivity index (χ4n) is 3.49. The van der Waals surface area contributed by atoms with Crippen molar-refractivity contribution < 1.29 is 36.3 Å². The maximum Gasteiger partial charge on any atom is 0.303 e. The van der Waals surface area contributed by atoms with Gasteiger partial charge in [0, 0.05) is 13.1 Å². The van der Waals surface area contributed by atoms with Gasteiger partial charge < -0.3 is 23.9 Å². The molecule has 10 heteroatoms. The van der Waals surface area contributed by atoms with Crippen molar-refractivity contribution in [1.82, 2.24) is 4.98 Å². The van der Waals surface area contributed by atoms with Gasteiger partial charge in [-0.3, -0.25) is 8.98 Å². The number of hydrogen-bond donors (Lipinski definition) is 1. The number of H-pyrrole nitrogens is 1. The van der Waals surface area contributed by atoms with Crippen molar-refractivity contribution in [2.75, 3.05) is 13.2 Å². The molecular weight excluding hydrogens is 438 g/mol. The predicted molar refractivity (Wildman–Crippen MR) is 115 cm³/mol. The predicted octanol–water partition coefficient (Wildman–Crippen LogP) is 3.25. The second-order valence-corrected chi connectivity index (χ2v) is 9.52. The number of carbonyl (C=O) groups is 1. The second kappa shape index (κ2) is 9.62. The number of nitrogens with one attached hydrogen (secondary N) is 1. The monoisotopic (exact) mass is 467 g/mol. The molecule has 0 spiro atoms. The van der Waals surface area contributed by atoms with Crippen LogP contribution in [0.5, 0.6) is 5.75 Å².